The largest absolute Gasteiger partial charge is 0.337 e. The number of urea groups is 1. The lowest BCUT2D eigenvalue weighted by Gasteiger charge is -2.22. The van der Waals surface area contributed by atoms with Crippen LogP contribution < -0.4 is 5.32 Å². The number of likely N-dealkylation sites (tertiary alicyclic amines) is 1. The summed E-state index contributed by atoms with van der Waals surface area (Å²) in [6.07, 6.45) is 5.66. The van der Waals surface area contributed by atoms with Crippen molar-refractivity contribution in [3.8, 4) is 0 Å². The molecular formula is C16H20N6O2S. The highest BCUT2D eigenvalue weighted by molar-refractivity contribution is 7.15. The summed E-state index contributed by atoms with van der Waals surface area (Å²) in [4.78, 5) is 24.2. The minimum absolute atomic E-state index is 0.122. The molecular weight excluding hydrogens is 340 g/mol. The number of hydrogen-bond donors (Lipinski definition) is 1. The zero-order chi connectivity index (χ0) is 17.4. The van der Waals surface area contributed by atoms with Crippen LogP contribution in [0, 0.1) is 0 Å². The van der Waals surface area contributed by atoms with Gasteiger partial charge in [0, 0.05) is 30.2 Å². The standard InChI is InChI=1S/C16H20N6O2S/c1-10(2)13-19-14(24-20-13)12-4-3-5-22(12)15(23)17-8-11-9-21-6-7-25-16(21)18-11/h6-7,9-10,12H,3-5,8H2,1-2H3,(H,17,23). The van der Waals surface area contributed by atoms with Gasteiger partial charge in [-0.3, -0.25) is 4.40 Å². The Balaban J connectivity index is 1.42. The lowest BCUT2D eigenvalue weighted by molar-refractivity contribution is 0.180. The van der Waals surface area contributed by atoms with E-state index >= 15 is 0 Å². The van der Waals surface area contributed by atoms with Crippen molar-refractivity contribution in [3.63, 3.8) is 0 Å². The molecule has 0 radical (unpaired) electrons. The van der Waals surface area contributed by atoms with Crippen molar-refractivity contribution >= 4 is 22.3 Å². The Hall–Kier alpha value is -2.42. The minimum Gasteiger partial charge on any atom is -0.337 e. The highest BCUT2D eigenvalue weighted by atomic mass is 32.1. The first-order valence-electron chi connectivity index (χ1n) is 8.41. The van der Waals surface area contributed by atoms with Crippen LogP contribution in [0.15, 0.2) is 22.3 Å². The predicted molar refractivity (Wildman–Crippen MR) is 92.4 cm³/mol. The van der Waals surface area contributed by atoms with Gasteiger partial charge in [-0.05, 0) is 12.8 Å². The van der Waals surface area contributed by atoms with Crippen molar-refractivity contribution in [2.45, 2.75) is 45.2 Å². The molecule has 0 bridgehead atoms. The van der Waals surface area contributed by atoms with Gasteiger partial charge in [-0.15, -0.1) is 11.3 Å². The number of amides is 2. The van der Waals surface area contributed by atoms with E-state index in [1.807, 2.05) is 36.0 Å². The Bertz CT molecular complexity index is 854. The molecule has 0 spiro atoms. The van der Waals surface area contributed by atoms with Gasteiger partial charge >= 0.3 is 6.03 Å². The SMILES string of the molecule is CC(C)c1noc(C2CCCN2C(=O)NCc2cn3ccsc3n2)n1. The van der Waals surface area contributed by atoms with Crippen molar-refractivity contribution < 1.29 is 9.32 Å². The summed E-state index contributed by atoms with van der Waals surface area (Å²) in [5, 5.41) is 8.94. The van der Waals surface area contributed by atoms with Crippen LogP contribution in [0.1, 0.15) is 56.1 Å². The Morgan fingerprint density at radius 2 is 2.36 bits per heavy atom. The number of fused-ring (bicyclic) bond motifs is 1. The lowest BCUT2D eigenvalue weighted by Crippen LogP contribution is -2.39. The van der Waals surface area contributed by atoms with E-state index in [0.717, 1.165) is 23.5 Å². The van der Waals surface area contributed by atoms with E-state index in [0.29, 0.717) is 24.8 Å². The Morgan fingerprint density at radius 1 is 1.48 bits per heavy atom. The Morgan fingerprint density at radius 3 is 3.12 bits per heavy atom. The zero-order valence-electron chi connectivity index (χ0n) is 14.2. The molecule has 0 aliphatic carbocycles. The molecule has 2 amide bonds. The van der Waals surface area contributed by atoms with Gasteiger partial charge in [0.05, 0.1) is 12.2 Å². The Labute approximate surface area is 148 Å². The van der Waals surface area contributed by atoms with Crippen molar-refractivity contribution in [2.24, 2.45) is 0 Å². The minimum atomic E-state index is -0.148. The maximum Gasteiger partial charge on any atom is 0.318 e. The van der Waals surface area contributed by atoms with Crippen molar-refractivity contribution in [3.05, 3.63) is 35.2 Å². The summed E-state index contributed by atoms with van der Waals surface area (Å²) in [7, 11) is 0. The number of carbonyl (C=O) groups is 1. The van der Waals surface area contributed by atoms with E-state index in [1.165, 1.54) is 0 Å². The third-order valence-electron chi connectivity index (χ3n) is 4.34. The molecule has 8 nitrogen and oxygen atoms in total. The average Bonchev–Trinajstić information content (AvgIpc) is 3.34. The molecule has 132 valence electrons. The molecule has 1 aliphatic rings. The fourth-order valence-electron chi connectivity index (χ4n) is 3.01. The molecule has 3 aromatic rings. The summed E-state index contributed by atoms with van der Waals surface area (Å²) in [6, 6.07) is -0.270. The first kappa shape index (κ1) is 16.1. The molecule has 4 heterocycles. The second-order valence-electron chi connectivity index (χ2n) is 6.48. The van der Waals surface area contributed by atoms with Gasteiger partial charge in [0.1, 0.15) is 6.04 Å². The molecule has 4 rings (SSSR count). The molecule has 0 aromatic carbocycles. The fraction of sp³-hybridized carbons (Fsp3) is 0.500. The third-order valence-corrected chi connectivity index (χ3v) is 5.11. The summed E-state index contributed by atoms with van der Waals surface area (Å²) < 4.78 is 7.34. The highest BCUT2D eigenvalue weighted by Crippen LogP contribution is 2.31. The molecule has 1 saturated heterocycles. The average molecular weight is 360 g/mol. The van der Waals surface area contributed by atoms with Crippen LogP contribution in [0.2, 0.25) is 0 Å². The predicted octanol–water partition coefficient (Wildman–Crippen LogP) is 2.95. The monoisotopic (exact) mass is 360 g/mol. The number of imidazole rings is 1. The summed E-state index contributed by atoms with van der Waals surface area (Å²) >= 11 is 1.57. The van der Waals surface area contributed by atoms with E-state index in [-0.39, 0.29) is 18.0 Å². The molecule has 1 N–H and O–H groups in total. The number of thiazole rings is 1. The number of aromatic nitrogens is 4. The van der Waals surface area contributed by atoms with Gasteiger partial charge in [-0.1, -0.05) is 19.0 Å². The van der Waals surface area contributed by atoms with E-state index in [1.54, 1.807) is 16.2 Å². The van der Waals surface area contributed by atoms with E-state index in [2.05, 4.69) is 20.4 Å². The smallest absolute Gasteiger partial charge is 0.318 e. The quantitative estimate of drug-likeness (QED) is 0.773. The van der Waals surface area contributed by atoms with Crippen LogP contribution in [-0.4, -0.2) is 37.0 Å². The first-order chi connectivity index (χ1) is 12.1. The second-order valence-corrected chi connectivity index (χ2v) is 7.35. The maximum absolute atomic E-state index is 12.6. The van der Waals surface area contributed by atoms with Gasteiger partial charge in [0.25, 0.3) is 0 Å². The van der Waals surface area contributed by atoms with Crippen LogP contribution in [0.4, 0.5) is 4.79 Å². The van der Waals surface area contributed by atoms with E-state index in [4.69, 9.17) is 4.52 Å². The van der Waals surface area contributed by atoms with E-state index in [9.17, 15) is 4.79 Å². The summed E-state index contributed by atoms with van der Waals surface area (Å²) in [5.74, 6) is 1.41. The molecule has 3 aromatic heterocycles. The van der Waals surface area contributed by atoms with Crippen molar-refractivity contribution in [1.29, 1.82) is 0 Å². The van der Waals surface area contributed by atoms with E-state index < -0.39 is 0 Å². The molecule has 25 heavy (non-hydrogen) atoms. The number of carbonyl (C=O) groups excluding carboxylic acids is 1. The fourth-order valence-corrected chi connectivity index (χ4v) is 3.73. The normalized spacial score (nSPS) is 17.7. The molecule has 1 aliphatic heterocycles. The Kier molecular flexibility index (Phi) is 4.16. The molecule has 1 unspecified atom stereocenters. The van der Waals surface area contributed by atoms with Crippen LogP contribution in [0.5, 0.6) is 0 Å². The zero-order valence-corrected chi connectivity index (χ0v) is 15.0. The van der Waals surface area contributed by atoms with Gasteiger partial charge in [-0.25, -0.2) is 9.78 Å². The summed E-state index contributed by atoms with van der Waals surface area (Å²) in [6.45, 7) is 5.12. The number of rotatable bonds is 4. The maximum atomic E-state index is 12.6. The van der Waals surface area contributed by atoms with Crippen LogP contribution >= 0.6 is 11.3 Å². The van der Waals surface area contributed by atoms with Crippen molar-refractivity contribution in [2.75, 3.05) is 6.54 Å². The molecule has 0 saturated carbocycles. The highest BCUT2D eigenvalue weighted by Gasteiger charge is 2.34. The van der Waals surface area contributed by atoms with Crippen molar-refractivity contribution in [1.82, 2.24) is 29.7 Å². The van der Waals surface area contributed by atoms with Gasteiger partial charge in [0.2, 0.25) is 5.89 Å². The number of nitrogens with zero attached hydrogens (tertiary/aromatic N) is 5. The second kappa shape index (κ2) is 6.47. The number of hydrogen-bond acceptors (Lipinski definition) is 6. The molecule has 1 atom stereocenters. The van der Waals surface area contributed by atoms with Crippen LogP contribution in [0.25, 0.3) is 4.96 Å². The van der Waals surface area contributed by atoms with Gasteiger partial charge < -0.3 is 14.7 Å². The van der Waals surface area contributed by atoms with Gasteiger partial charge in [0.15, 0.2) is 10.8 Å². The topological polar surface area (TPSA) is 88.6 Å². The molecule has 9 heteroatoms. The van der Waals surface area contributed by atoms with Gasteiger partial charge in [-0.2, -0.15) is 4.98 Å². The van der Waals surface area contributed by atoms with Crippen LogP contribution in [0.3, 0.4) is 0 Å². The third kappa shape index (κ3) is 3.11. The molecule has 1 fully saturated rings. The van der Waals surface area contributed by atoms with Crippen LogP contribution in [-0.2, 0) is 6.54 Å². The lowest BCUT2D eigenvalue weighted by atomic mass is 10.2. The first-order valence-corrected chi connectivity index (χ1v) is 9.29. The summed E-state index contributed by atoms with van der Waals surface area (Å²) in [5.41, 5.74) is 0.843. The number of nitrogens with one attached hydrogen (secondary N) is 1.